The Balaban J connectivity index is 1.73. The number of nitrogens with one attached hydrogen (secondary N) is 1. The van der Waals surface area contributed by atoms with Crippen LogP contribution < -0.4 is 5.32 Å². The molecule has 0 spiro atoms. The molecule has 21 heavy (non-hydrogen) atoms. The van der Waals surface area contributed by atoms with Crippen molar-refractivity contribution in [2.24, 2.45) is 0 Å². The molecule has 1 amide bonds. The van der Waals surface area contributed by atoms with Gasteiger partial charge >= 0.3 is 0 Å². The lowest BCUT2D eigenvalue weighted by molar-refractivity contribution is -0.121. The van der Waals surface area contributed by atoms with Crippen LogP contribution in [0.15, 0.2) is 16.7 Å². The molecule has 0 bridgehead atoms. The fraction of sp³-hybridized carbons (Fsp3) is 0.529. The van der Waals surface area contributed by atoms with Crippen LogP contribution in [0.2, 0.25) is 0 Å². The van der Waals surface area contributed by atoms with Crippen molar-refractivity contribution in [3.05, 3.63) is 29.0 Å². The monoisotopic (exact) mass is 286 g/mol. The summed E-state index contributed by atoms with van der Waals surface area (Å²) in [7, 11) is 0. The molecule has 1 saturated carbocycles. The van der Waals surface area contributed by atoms with E-state index in [4.69, 9.17) is 4.52 Å². The minimum atomic E-state index is 0.0521. The van der Waals surface area contributed by atoms with Gasteiger partial charge in [-0.25, -0.2) is 0 Å². The quantitative estimate of drug-likeness (QED) is 0.940. The van der Waals surface area contributed by atoms with Crippen LogP contribution in [-0.2, 0) is 11.2 Å². The summed E-state index contributed by atoms with van der Waals surface area (Å²) in [5.41, 5.74) is 3.76. The van der Waals surface area contributed by atoms with Gasteiger partial charge in [0.25, 0.3) is 0 Å². The maximum atomic E-state index is 12.2. The first kappa shape index (κ1) is 14.1. The molecule has 0 atom stereocenters. The second-order valence-electron chi connectivity index (χ2n) is 6.17. The van der Waals surface area contributed by atoms with Crippen molar-refractivity contribution in [3.63, 3.8) is 0 Å². The van der Waals surface area contributed by atoms with Crippen molar-refractivity contribution in [2.75, 3.05) is 0 Å². The van der Waals surface area contributed by atoms with Gasteiger partial charge in [0.15, 0.2) is 5.58 Å². The van der Waals surface area contributed by atoms with E-state index in [0.717, 1.165) is 40.6 Å². The number of hydrogen-bond acceptors (Lipinski definition) is 3. The molecule has 2 aromatic rings. The van der Waals surface area contributed by atoms with E-state index < -0.39 is 0 Å². The third-order valence-corrected chi connectivity index (χ3v) is 4.28. The van der Waals surface area contributed by atoms with Gasteiger partial charge in [-0.05, 0) is 43.9 Å². The van der Waals surface area contributed by atoms with E-state index in [1.807, 2.05) is 19.9 Å². The van der Waals surface area contributed by atoms with E-state index in [-0.39, 0.29) is 5.91 Å². The molecule has 1 aliphatic carbocycles. The maximum Gasteiger partial charge on any atom is 0.226 e. The van der Waals surface area contributed by atoms with Crippen molar-refractivity contribution in [2.45, 2.75) is 58.4 Å². The van der Waals surface area contributed by atoms with Gasteiger partial charge in [0.05, 0.1) is 6.42 Å². The highest BCUT2D eigenvalue weighted by atomic mass is 16.5. The Labute approximate surface area is 124 Å². The topological polar surface area (TPSA) is 55.1 Å². The highest BCUT2D eigenvalue weighted by molar-refractivity contribution is 5.88. The Hall–Kier alpha value is -1.84. The van der Waals surface area contributed by atoms with Crippen LogP contribution in [0.1, 0.15) is 48.9 Å². The number of amides is 1. The first-order valence-corrected chi connectivity index (χ1v) is 7.78. The standard InChI is InChI=1S/C17H22N2O2/c1-11-8-12(2)17-14(9-11)15(19-21-17)10-16(20)18-13-6-4-3-5-7-13/h8-9,13H,3-7,10H2,1-2H3,(H,18,20). The molecule has 0 saturated heterocycles. The van der Waals surface area contributed by atoms with E-state index >= 15 is 0 Å². The summed E-state index contributed by atoms with van der Waals surface area (Å²) in [6, 6.07) is 4.45. The Kier molecular flexibility index (Phi) is 3.95. The fourth-order valence-corrected chi connectivity index (χ4v) is 3.25. The molecule has 1 aliphatic rings. The molecule has 1 aromatic heterocycles. The number of carbonyl (C=O) groups excluding carboxylic acids is 1. The third-order valence-electron chi connectivity index (χ3n) is 4.28. The molecular weight excluding hydrogens is 264 g/mol. The summed E-state index contributed by atoms with van der Waals surface area (Å²) in [6.07, 6.45) is 6.23. The number of carbonyl (C=O) groups is 1. The number of fused-ring (bicyclic) bond motifs is 1. The van der Waals surface area contributed by atoms with Gasteiger partial charge in [0.2, 0.25) is 5.91 Å². The van der Waals surface area contributed by atoms with Gasteiger partial charge in [0, 0.05) is 11.4 Å². The lowest BCUT2D eigenvalue weighted by Crippen LogP contribution is -2.37. The van der Waals surface area contributed by atoms with Crippen molar-refractivity contribution in [3.8, 4) is 0 Å². The average molecular weight is 286 g/mol. The summed E-state index contributed by atoms with van der Waals surface area (Å²) in [5.74, 6) is 0.0521. The zero-order valence-electron chi connectivity index (χ0n) is 12.7. The van der Waals surface area contributed by atoms with Crippen molar-refractivity contribution >= 4 is 16.9 Å². The maximum absolute atomic E-state index is 12.2. The number of hydrogen-bond donors (Lipinski definition) is 1. The predicted molar refractivity (Wildman–Crippen MR) is 82.2 cm³/mol. The summed E-state index contributed by atoms with van der Waals surface area (Å²) < 4.78 is 5.40. The number of rotatable bonds is 3. The lowest BCUT2D eigenvalue weighted by atomic mass is 9.95. The van der Waals surface area contributed by atoms with Crippen LogP contribution in [-0.4, -0.2) is 17.1 Å². The van der Waals surface area contributed by atoms with Crippen LogP contribution in [0.5, 0.6) is 0 Å². The molecule has 4 heteroatoms. The molecule has 1 heterocycles. The predicted octanol–water partition coefficient (Wildman–Crippen LogP) is 3.44. The van der Waals surface area contributed by atoms with Crippen molar-refractivity contribution < 1.29 is 9.32 Å². The molecule has 0 unspecified atom stereocenters. The van der Waals surface area contributed by atoms with E-state index in [9.17, 15) is 4.79 Å². The molecule has 0 radical (unpaired) electrons. The van der Waals surface area contributed by atoms with E-state index in [0.29, 0.717) is 12.5 Å². The number of benzene rings is 1. The summed E-state index contributed by atoms with van der Waals surface area (Å²) in [6.45, 7) is 4.05. The number of aryl methyl sites for hydroxylation is 2. The average Bonchev–Trinajstić information content (AvgIpc) is 2.83. The first-order chi connectivity index (χ1) is 10.1. The summed E-state index contributed by atoms with van der Waals surface area (Å²) in [4.78, 5) is 12.2. The fourth-order valence-electron chi connectivity index (χ4n) is 3.25. The Morgan fingerprint density at radius 2 is 2.05 bits per heavy atom. The Bertz CT molecular complexity index is 654. The molecule has 1 fully saturated rings. The summed E-state index contributed by atoms with van der Waals surface area (Å²) in [5, 5.41) is 8.19. The van der Waals surface area contributed by atoms with Gasteiger partial charge in [-0.2, -0.15) is 0 Å². The normalized spacial score (nSPS) is 16.3. The largest absolute Gasteiger partial charge is 0.356 e. The van der Waals surface area contributed by atoms with Crippen LogP contribution in [0, 0.1) is 13.8 Å². The van der Waals surface area contributed by atoms with Gasteiger partial charge in [-0.3, -0.25) is 4.79 Å². The van der Waals surface area contributed by atoms with Gasteiger partial charge in [-0.1, -0.05) is 30.5 Å². The van der Waals surface area contributed by atoms with E-state index in [1.165, 1.54) is 19.3 Å². The second kappa shape index (κ2) is 5.88. The van der Waals surface area contributed by atoms with Crippen molar-refractivity contribution in [1.82, 2.24) is 10.5 Å². The molecular formula is C17H22N2O2. The minimum Gasteiger partial charge on any atom is -0.356 e. The van der Waals surface area contributed by atoms with Crippen LogP contribution in [0.25, 0.3) is 11.0 Å². The van der Waals surface area contributed by atoms with Crippen LogP contribution in [0.4, 0.5) is 0 Å². The van der Waals surface area contributed by atoms with Crippen LogP contribution >= 0.6 is 0 Å². The van der Waals surface area contributed by atoms with Crippen molar-refractivity contribution in [1.29, 1.82) is 0 Å². The number of nitrogens with zero attached hydrogens (tertiary/aromatic N) is 1. The Morgan fingerprint density at radius 3 is 2.81 bits per heavy atom. The van der Waals surface area contributed by atoms with E-state index in [2.05, 4.69) is 16.5 Å². The lowest BCUT2D eigenvalue weighted by Gasteiger charge is -2.22. The molecule has 0 aliphatic heterocycles. The molecule has 112 valence electrons. The first-order valence-electron chi connectivity index (χ1n) is 7.78. The highest BCUT2D eigenvalue weighted by Gasteiger charge is 2.18. The molecule has 1 aromatic carbocycles. The molecule has 3 rings (SSSR count). The summed E-state index contributed by atoms with van der Waals surface area (Å²) >= 11 is 0. The third kappa shape index (κ3) is 3.09. The van der Waals surface area contributed by atoms with Crippen LogP contribution in [0.3, 0.4) is 0 Å². The smallest absolute Gasteiger partial charge is 0.226 e. The van der Waals surface area contributed by atoms with Gasteiger partial charge in [0.1, 0.15) is 5.69 Å². The second-order valence-corrected chi connectivity index (χ2v) is 6.17. The number of aromatic nitrogens is 1. The molecule has 4 nitrogen and oxygen atoms in total. The molecule has 1 N–H and O–H groups in total. The Morgan fingerprint density at radius 1 is 1.29 bits per heavy atom. The SMILES string of the molecule is Cc1cc(C)c2onc(CC(=O)NC3CCCCC3)c2c1. The van der Waals surface area contributed by atoms with Gasteiger partial charge < -0.3 is 9.84 Å². The zero-order valence-corrected chi connectivity index (χ0v) is 12.7. The highest BCUT2D eigenvalue weighted by Crippen LogP contribution is 2.24. The zero-order chi connectivity index (χ0) is 14.8. The minimum absolute atomic E-state index is 0.0521. The van der Waals surface area contributed by atoms with Gasteiger partial charge in [-0.15, -0.1) is 0 Å². The van der Waals surface area contributed by atoms with E-state index in [1.54, 1.807) is 0 Å².